The maximum Gasteiger partial charge on any atom is 0.166 e. The quantitative estimate of drug-likeness (QED) is 0.721. The van der Waals surface area contributed by atoms with Crippen LogP contribution in [0.4, 0.5) is 5.82 Å². The Morgan fingerprint density at radius 1 is 1.50 bits per heavy atom. The molecule has 4 heteroatoms. The van der Waals surface area contributed by atoms with Crippen molar-refractivity contribution in [1.29, 1.82) is 5.26 Å². The van der Waals surface area contributed by atoms with Crippen molar-refractivity contribution < 1.29 is 0 Å². The molecule has 74 valence electrons. The molecule has 0 atom stereocenters. The minimum Gasteiger partial charge on any atom is -0.367 e. The summed E-state index contributed by atoms with van der Waals surface area (Å²) in [6, 6.07) is 3.73. The van der Waals surface area contributed by atoms with Gasteiger partial charge in [0.2, 0.25) is 0 Å². The van der Waals surface area contributed by atoms with Crippen LogP contribution >= 0.6 is 0 Å². The molecule has 0 fully saturated rings. The molecule has 0 unspecified atom stereocenters. The van der Waals surface area contributed by atoms with Gasteiger partial charge in [0.15, 0.2) is 5.82 Å². The van der Waals surface area contributed by atoms with Gasteiger partial charge in [0.1, 0.15) is 6.07 Å². The van der Waals surface area contributed by atoms with Crippen molar-refractivity contribution in [2.45, 2.75) is 26.2 Å². The molecule has 0 aliphatic heterocycles. The standard InChI is InChI=1S/C10H14N4/c1-2-3-4-6-12-10-9(8-11)5-7-13-14-10/h5,7H,2-4,6H2,1H3,(H,12,14). The second-order valence-electron chi connectivity index (χ2n) is 3.04. The van der Waals surface area contributed by atoms with Crippen molar-refractivity contribution in [2.75, 3.05) is 11.9 Å². The first-order chi connectivity index (χ1) is 6.88. The molecule has 1 heterocycles. The van der Waals surface area contributed by atoms with Gasteiger partial charge in [-0.05, 0) is 12.5 Å². The fraction of sp³-hybridized carbons (Fsp3) is 0.500. The number of nitrogens with one attached hydrogen (secondary N) is 1. The van der Waals surface area contributed by atoms with E-state index in [4.69, 9.17) is 5.26 Å². The minimum atomic E-state index is 0.552. The van der Waals surface area contributed by atoms with Crippen molar-refractivity contribution in [3.8, 4) is 6.07 Å². The lowest BCUT2D eigenvalue weighted by Gasteiger charge is -2.04. The Morgan fingerprint density at radius 2 is 2.36 bits per heavy atom. The molecule has 0 radical (unpaired) electrons. The predicted molar refractivity (Wildman–Crippen MR) is 54.8 cm³/mol. The van der Waals surface area contributed by atoms with Gasteiger partial charge in [-0.3, -0.25) is 0 Å². The first-order valence-electron chi connectivity index (χ1n) is 4.84. The second-order valence-corrected chi connectivity index (χ2v) is 3.04. The Morgan fingerprint density at radius 3 is 3.07 bits per heavy atom. The van der Waals surface area contributed by atoms with Gasteiger partial charge in [-0.2, -0.15) is 10.4 Å². The van der Waals surface area contributed by atoms with E-state index in [9.17, 15) is 0 Å². The third-order valence-electron chi connectivity index (χ3n) is 1.91. The lowest BCUT2D eigenvalue weighted by molar-refractivity contribution is 0.741. The van der Waals surface area contributed by atoms with Crippen LogP contribution in [0.2, 0.25) is 0 Å². The summed E-state index contributed by atoms with van der Waals surface area (Å²) in [7, 11) is 0. The van der Waals surface area contributed by atoms with Crippen molar-refractivity contribution in [1.82, 2.24) is 10.2 Å². The molecule has 1 aromatic heterocycles. The van der Waals surface area contributed by atoms with Gasteiger partial charge in [-0.15, -0.1) is 5.10 Å². The molecule has 1 aromatic rings. The summed E-state index contributed by atoms with van der Waals surface area (Å²) < 4.78 is 0. The number of nitrogens with zero attached hydrogens (tertiary/aromatic N) is 3. The van der Waals surface area contributed by atoms with Gasteiger partial charge in [-0.1, -0.05) is 19.8 Å². The summed E-state index contributed by atoms with van der Waals surface area (Å²) in [4.78, 5) is 0. The lowest BCUT2D eigenvalue weighted by atomic mass is 10.2. The average Bonchev–Trinajstić information content (AvgIpc) is 2.25. The molecule has 0 spiro atoms. The first kappa shape index (κ1) is 10.5. The topological polar surface area (TPSA) is 61.6 Å². The molecule has 0 amide bonds. The maximum absolute atomic E-state index is 8.76. The molecule has 0 saturated heterocycles. The summed E-state index contributed by atoms with van der Waals surface area (Å²) in [5.74, 6) is 0.589. The van der Waals surface area contributed by atoms with E-state index in [1.54, 1.807) is 6.07 Å². The van der Waals surface area contributed by atoms with E-state index in [1.807, 2.05) is 0 Å². The predicted octanol–water partition coefficient (Wildman–Crippen LogP) is 1.95. The molecule has 0 aliphatic carbocycles. The van der Waals surface area contributed by atoms with Crippen LogP contribution in [-0.4, -0.2) is 16.7 Å². The SMILES string of the molecule is CCCCCNc1nnccc1C#N. The fourth-order valence-electron chi connectivity index (χ4n) is 1.13. The zero-order valence-corrected chi connectivity index (χ0v) is 8.32. The molecule has 14 heavy (non-hydrogen) atoms. The Kier molecular flexibility index (Phi) is 4.42. The average molecular weight is 190 g/mol. The van der Waals surface area contributed by atoms with Crippen molar-refractivity contribution >= 4 is 5.82 Å². The second kappa shape index (κ2) is 5.92. The third-order valence-corrected chi connectivity index (χ3v) is 1.91. The minimum absolute atomic E-state index is 0.552. The maximum atomic E-state index is 8.76. The van der Waals surface area contributed by atoms with Crippen LogP contribution < -0.4 is 5.32 Å². The zero-order valence-electron chi connectivity index (χ0n) is 8.32. The molecular formula is C10H14N4. The molecule has 0 aliphatic rings. The molecule has 0 bridgehead atoms. The highest BCUT2D eigenvalue weighted by Crippen LogP contribution is 2.08. The Bertz CT molecular complexity index is 316. The Balaban J connectivity index is 2.46. The van der Waals surface area contributed by atoms with Gasteiger partial charge in [-0.25, -0.2) is 0 Å². The number of hydrogen-bond acceptors (Lipinski definition) is 4. The van der Waals surface area contributed by atoms with Crippen LogP contribution in [0.1, 0.15) is 31.7 Å². The summed E-state index contributed by atoms with van der Waals surface area (Å²) in [5.41, 5.74) is 0.552. The van der Waals surface area contributed by atoms with Gasteiger partial charge < -0.3 is 5.32 Å². The number of nitriles is 1. The number of anilines is 1. The van der Waals surface area contributed by atoms with Crippen LogP contribution in [0.3, 0.4) is 0 Å². The van der Waals surface area contributed by atoms with Gasteiger partial charge >= 0.3 is 0 Å². The Labute approximate surface area is 84.0 Å². The number of unbranched alkanes of at least 4 members (excludes halogenated alkanes) is 2. The van der Waals surface area contributed by atoms with E-state index in [0.29, 0.717) is 11.4 Å². The third kappa shape index (κ3) is 3.02. The summed E-state index contributed by atoms with van der Waals surface area (Å²) in [5, 5.41) is 19.5. The number of rotatable bonds is 5. The van der Waals surface area contributed by atoms with Crippen LogP contribution in [-0.2, 0) is 0 Å². The van der Waals surface area contributed by atoms with Crippen molar-refractivity contribution in [3.05, 3.63) is 17.8 Å². The summed E-state index contributed by atoms with van der Waals surface area (Å²) in [6.45, 7) is 3.00. The molecule has 1 N–H and O–H groups in total. The smallest absolute Gasteiger partial charge is 0.166 e. The van der Waals surface area contributed by atoms with Crippen LogP contribution in [0, 0.1) is 11.3 Å². The Hall–Kier alpha value is -1.63. The molecular weight excluding hydrogens is 176 g/mol. The van der Waals surface area contributed by atoms with E-state index in [2.05, 4.69) is 28.5 Å². The monoisotopic (exact) mass is 190 g/mol. The van der Waals surface area contributed by atoms with Gasteiger partial charge in [0.05, 0.1) is 11.8 Å². The van der Waals surface area contributed by atoms with Crippen LogP contribution in [0.25, 0.3) is 0 Å². The summed E-state index contributed by atoms with van der Waals surface area (Å²) in [6.07, 6.45) is 5.00. The van der Waals surface area contributed by atoms with E-state index in [0.717, 1.165) is 13.0 Å². The fourth-order valence-corrected chi connectivity index (χ4v) is 1.13. The molecule has 0 aromatic carbocycles. The van der Waals surface area contributed by atoms with E-state index in [-0.39, 0.29) is 0 Å². The molecule has 1 rings (SSSR count). The normalized spacial score (nSPS) is 9.43. The highest BCUT2D eigenvalue weighted by Gasteiger charge is 2.00. The molecule has 4 nitrogen and oxygen atoms in total. The largest absolute Gasteiger partial charge is 0.367 e. The van der Waals surface area contributed by atoms with Gasteiger partial charge in [0, 0.05) is 6.54 Å². The lowest BCUT2D eigenvalue weighted by Crippen LogP contribution is -2.05. The van der Waals surface area contributed by atoms with E-state index in [1.165, 1.54) is 19.0 Å². The highest BCUT2D eigenvalue weighted by molar-refractivity contribution is 5.49. The highest BCUT2D eigenvalue weighted by atomic mass is 15.2. The summed E-state index contributed by atoms with van der Waals surface area (Å²) >= 11 is 0. The molecule has 0 saturated carbocycles. The van der Waals surface area contributed by atoms with Crippen molar-refractivity contribution in [2.24, 2.45) is 0 Å². The zero-order chi connectivity index (χ0) is 10.2. The van der Waals surface area contributed by atoms with E-state index < -0.39 is 0 Å². The van der Waals surface area contributed by atoms with Crippen LogP contribution in [0.15, 0.2) is 12.3 Å². The first-order valence-corrected chi connectivity index (χ1v) is 4.84. The van der Waals surface area contributed by atoms with Crippen LogP contribution in [0.5, 0.6) is 0 Å². The van der Waals surface area contributed by atoms with Gasteiger partial charge in [0.25, 0.3) is 0 Å². The number of aromatic nitrogens is 2. The van der Waals surface area contributed by atoms with Crippen molar-refractivity contribution in [3.63, 3.8) is 0 Å². The van der Waals surface area contributed by atoms with E-state index >= 15 is 0 Å². The number of hydrogen-bond donors (Lipinski definition) is 1.